The maximum absolute atomic E-state index is 10.7. The molecule has 0 spiro atoms. The zero-order valence-electron chi connectivity index (χ0n) is 13.0. The van der Waals surface area contributed by atoms with Crippen molar-refractivity contribution in [2.45, 2.75) is 46.0 Å². The van der Waals surface area contributed by atoms with Gasteiger partial charge in [0.1, 0.15) is 0 Å². The molecule has 1 aromatic carbocycles. The Labute approximate surface area is 126 Å². The van der Waals surface area contributed by atoms with Crippen molar-refractivity contribution in [3.63, 3.8) is 0 Å². The zero-order chi connectivity index (χ0) is 15.5. The molecule has 1 aliphatic carbocycles. The average molecular weight is 290 g/mol. The standard InChI is InChI=1S/C17H26N2O2/c1-13(2)15-7-9-17(12-18,10-8-15)11-14-3-5-16(6-4-14)19(20)21/h3-6,13,15H,7-12,18H2,1-2H3. The van der Waals surface area contributed by atoms with Crippen LogP contribution in [0.1, 0.15) is 45.1 Å². The second kappa shape index (κ2) is 6.56. The fraction of sp³-hybridized carbons (Fsp3) is 0.647. The van der Waals surface area contributed by atoms with Crippen LogP contribution in [-0.4, -0.2) is 11.5 Å². The lowest BCUT2D eigenvalue weighted by atomic mass is 9.65. The molecule has 0 atom stereocenters. The smallest absolute Gasteiger partial charge is 0.269 e. The minimum Gasteiger partial charge on any atom is -0.330 e. The highest BCUT2D eigenvalue weighted by atomic mass is 16.6. The summed E-state index contributed by atoms with van der Waals surface area (Å²) in [5.74, 6) is 1.57. The van der Waals surface area contributed by atoms with Crippen molar-refractivity contribution in [2.24, 2.45) is 23.0 Å². The van der Waals surface area contributed by atoms with Gasteiger partial charge in [-0.1, -0.05) is 26.0 Å². The minimum absolute atomic E-state index is 0.157. The Morgan fingerprint density at radius 3 is 2.29 bits per heavy atom. The number of non-ortho nitro benzene ring substituents is 1. The van der Waals surface area contributed by atoms with Gasteiger partial charge in [-0.05, 0) is 61.5 Å². The molecule has 1 aliphatic rings. The molecule has 1 fully saturated rings. The Hall–Kier alpha value is -1.42. The summed E-state index contributed by atoms with van der Waals surface area (Å²) < 4.78 is 0. The van der Waals surface area contributed by atoms with Crippen LogP contribution < -0.4 is 5.73 Å². The predicted molar refractivity (Wildman–Crippen MR) is 85.1 cm³/mol. The zero-order valence-corrected chi connectivity index (χ0v) is 13.0. The summed E-state index contributed by atoms with van der Waals surface area (Å²) in [6, 6.07) is 6.95. The summed E-state index contributed by atoms with van der Waals surface area (Å²) in [6.45, 7) is 5.31. The lowest BCUT2D eigenvalue weighted by Crippen LogP contribution is -2.37. The molecule has 0 aromatic heterocycles. The number of nitrogens with zero attached hydrogens (tertiary/aromatic N) is 1. The maximum Gasteiger partial charge on any atom is 0.269 e. The largest absolute Gasteiger partial charge is 0.330 e. The first kappa shape index (κ1) is 16.0. The van der Waals surface area contributed by atoms with Crippen molar-refractivity contribution in [2.75, 3.05) is 6.54 Å². The Bertz CT molecular complexity index is 474. The van der Waals surface area contributed by atoms with E-state index in [1.54, 1.807) is 12.1 Å². The van der Waals surface area contributed by atoms with Gasteiger partial charge in [0.15, 0.2) is 0 Å². The second-order valence-corrected chi connectivity index (χ2v) is 6.89. The van der Waals surface area contributed by atoms with E-state index in [0.717, 1.165) is 23.8 Å². The monoisotopic (exact) mass is 290 g/mol. The van der Waals surface area contributed by atoms with Gasteiger partial charge in [0.05, 0.1) is 4.92 Å². The van der Waals surface area contributed by atoms with E-state index in [9.17, 15) is 10.1 Å². The molecule has 0 radical (unpaired) electrons. The summed E-state index contributed by atoms with van der Waals surface area (Å²) in [6.07, 6.45) is 5.78. The van der Waals surface area contributed by atoms with E-state index in [4.69, 9.17) is 5.73 Å². The van der Waals surface area contributed by atoms with Crippen LogP contribution in [0.5, 0.6) is 0 Å². The molecular formula is C17H26N2O2. The molecule has 0 aliphatic heterocycles. The molecule has 0 bridgehead atoms. The van der Waals surface area contributed by atoms with Crippen molar-refractivity contribution in [3.8, 4) is 0 Å². The Morgan fingerprint density at radius 2 is 1.86 bits per heavy atom. The molecule has 116 valence electrons. The van der Waals surface area contributed by atoms with Gasteiger partial charge in [-0.2, -0.15) is 0 Å². The molecule has 1 saturated carbocycles. The minimum atomic E-state index is -0.351. The van der Waals surface area contributed by atoms with E-state index in [2.05, 4.69) is 13.8 Å². The van der Waals surface area contributed by atoms with E-state index in [0.29, 0.717) is 6.54 Å². The van der Waals surface area contributed by atoms with Crippen LogP contribution >= 0.6 is 0 Å². The van der Waals surface area contributed by atoms with Crippen LogP contribution in [0.3, 0.4) is 0 Å². The molecule has 4 heteroatoms. The van der Waals surface area contributed by atoms with Crippen LogP contribution in [0.25, 0.3) is 0 Å². The third-order valence-electron chi connectivity index (χ3n) is 5.19. The van der Waals surface area contributed by atoms with Crippen molar-refractivity contribution in [1.82, 2.24) is 0 Å². The fourth-order valence-electron chi connectivity index (χ4n) is 3.54. The number of benzene rings is 1. The fourth-order valence-corrected chi connectivity index (χ4v) is 3.54. The molecule has 4 nitrogen and oxygen atoms in total. The molecule has 0 heterocycles. The molecule has 0 amide bonds. The summed E-state index contributed by atoms with van der Waals surface area (Å²) in [5, 5.41) is 10.7. The molecule has 21 heavy (non-hydrogen) atoms. The number of hydrogen-bond acceptors (Lipinski definition) is 3. The lowest BCUT2D eigenvalue weighted by molar-refractivity contribution is -0.384. The first-order chi connectivity index (χ1) is 9.96. The molecule has 2 rings (SSSR count). The third kappa shape index (κ3) is 3.82. The molecule has 0 unspecified atom stereocenters. The first-order valence-electron chi connectivity index (χ1n) is 7.89. The SMILES string of the molecule is CC(C)C1CCC(CN)(Cc2ccc([N+](=O)[O-])cc2)CC1. The second-order valence-electron chi connectivity index (χ2n) is 6.89. The van der Waals surface area contributed by atoms with Gasteiger partial charge in [0.25, 0.3) is 5.69 Å². The maximum atomic E-state index is 10.7. The van der Waals surface area contributed by atoms with Gasteiger partial charge in [-0.15, -0.1) is 0 Å². The van der Waals surface area contributed by atoms with Crippen LogP contribution in [0.2, 0.25) is 0 Å². The Morgan fingerprint density at radius 1 is 1.29 bits per heavy atom. The van der Waals surface area contributed by atoms with Gasteiger partial charge >= 0.3 is 0 Å². The first-order valence-corrected chi connectivity index (χ1v) is 7.89. The van der Waals surface area contributed by atoms with Gasteiger partial charge < -0.3 is 5.73 Å². The summed E-state index contributed by atoms with van der Waals surface area (Å²) in [7, 11) is 0. The third-order valence-corrected chi connectivity index (χ3v) is 5.19. The van der Waals surface area contributed by atoms with Crippen LogP contribution in [0.4, 0.5) is 5.69 Å². The highest BCUT2D eigenvalue weighted by Gasteiger charge is 2.35. The molecule has 0 saturated heterocycles. The quantitative estimate of drug-likeness (QED) is 0.660. The van der Waals surface area contributed by atoms with Crippen LogP contribution in [0, 0.1) is 27.4 Å². The van der Waals surface area contributed by atoms with Crippen molar-refractivity contribution in [1.29, 1.82) is 0 Å². The van der Waals surface area contributed by atoms with E-state index in [-0.39, 0.29) is 16.0 Å². The summed E-state index contributed by atoms with van der Waals surface area (Å²) in [4.78, 5) is 10.4. The summed E-state index contributed by atoms with van der Waals surface area (Å²) >= 11 is 0. The topological polar surface area (TPSA) is 69.2 Å². The summed E-state index contributed by atoms with van der Waals surface area (Å²) in [5.41, 5.74) is 7.58. The predicted octanol–water partition coefficient (Wildman–Crippen LogP) is 3.93. The van der Waals surface area contributed by atoms with Gasteiger partial charge in [0.2, 0.25) is 0 Å². The van der Waals surface area contributed by atoms with Gasteiger partial charge in [-0.3, -0.25) is 10.1 Å². The van der Waals surface area contributed by atoms with E-state index in [1.807, 2.05) is 12.1 Å². The van der Waals surface area contributed by atoms with E-state index in [1.165, 1.54) is 25.7 Å². The Kier molecular flexibility index (Phi) is 4.99. The van der Waals surface area contributed by atoms with E-state index < -0.39 is 0 Å². The highest BCUT2D eigenvalue weighted by Crippen LogP contribution is 2.43. The normalized spacial score (nSPS) is 26.0. The van der Waals surface area contributed by atoms with Crippen molar-refractivity contribution >= 4 is 5.69 Å². The lowest BCUT2D eigenvalue weighted by Gasteiger charge is -2.41. The number of nitro groups is 1. The van der Waals surface area contributed by atoms with Crippen molar-refractivity contribution < 1.29 is 4.92 Å². The highest BCUT2D eigenvalue weighted by molar-refractivity contribution is 5.33. The molecule has 2 N–H and O–H groups in total. The average Bonchev–Trinajstić information content (AvgIpc) is 2.48. The molecule has 1 aromatic rings. The van der Waals surface area contributed by atoms with E-state index >= 15 is 0 Å². The molecular weight excluding hydrogens is 264 g/mol. The van der Waals surface area contributed by atoms with Gasteiger partial charge in [-0.25, -0.2) is 0 Å². The number of nitro benzene ring substituents is 1. The number of rotatable bonds is 5. The van der Waals surface area contributed by atoms with Crippen LogP contribution in [-0.2, 0) is 6.42 Å². The number of hydrogen-bond donors (Lipinski definition) is 1. The Balaban J connectivity index is 2.04. The van der Waals surface area contributed by atoms with Gasteiger partial charge in [0, 0.05) is 12.1 Å². The van der Waals surface area contributed by atoms with Crippen molar-refractivity contribution in [3.05, 3.63) is 39.9 Å². The number of nitrogens with two attached hydrogens (primary N) is 1. The van der Waals surface area contributed by atoms with Crippen LogP contribution in [0.15, 0.2) is 24.3 Å².